The smallest absolute Gasteiger partial charge is 0.257 e. The molecule has 0 bridgehead atoms. The molecule has 0 fully saturated rings. The predicted octanol–water partition coefficient (Wildman–Crippen LogP) is 2.53. The molecule has 0 aliphatic carbocycles. The molecule has 1 amide bonds. The average Bonchev–Trinajstić information content (AvgIpc) is 2.86. The summed E-state index contributed by atoms with van der Waals surface area (Å²) in [7, 11) is 0. The van der Waals surface area contributed by atoms with E-state index >= 15 is 0 Å². The summed E-state index contributed by atoms with van der Waals surface area (Å²) < 4.78 is 5.29. The minimum absolute atomic E-state index is 0.146. The van der Waals surface area contributed by atoms with Crippen molar-refractivity contribution in [3.8, 4) is 11.3 Å². The Labute approximate surface area is 122 Å². The highest BCUT2D eigenvalue weighted by Gasteiger charge is 2.21. The van der Waals surface area contributed by atoms with E-state index in [1.54, 1.807) is 43.2 Å². The fraction of sp³-hybridized carbons (Fsp3) is 0.357. The summed E-state index contributed by atoms with van der Waals surface area (Å²) in [6, 6.07) is 3.59. The first kappa shape index (κ1) is 14.6. The van der Waals surface area contributed by atoms with Gasteiger partial charge in [0.2, 0.25) is 0 Å². The first-order valence-electron chi connectivity index (χ1n) is 6.46. The molecule has 2 aromatic rings. The van der Waals surface area contributed by atoms with E-state index in [2.05, 4.69) is 22.4 Å². The van der Waals surface area contributed by atoms with E-state index < -0.39 is 0 Å². The van der Waals surface area contributed by atoms with Crippen molar-refractivity contribution in [1.29, 1.82) is 0 Å². The quantitative estimate of drug-likeness (QED) is 0.828. The van der Waals surface area contributed by atoms with Gasteiger partial charge in [0.15, 0.2) is 5.76 Å². The topological polar surface area (TPSA) is 68.0 Å². The Bertz CT molecular complexity index is 569. The van der Waals surface area contributed by atoms with Gasteiger partial charge in [-0.05, 0) is 24.8 Å². The van der Waals surface area contributed by atoms with Crippen LogP contribution in [0.1, 0.15) is 23.0 Å². The van der Waals surface area contributed by atoms with Gasteiger partial charge >= 0.3 is 0 Å². The van der Waals surface area contributed by atoms with E-state index in [4.69, 9.17) is 4.52 Å². The van der Waals surface area contributed by atoms with Gasteiger partial charge in [0.1, 0.15) is 5.56 Å². The number of carbonyl (C=O) groups excluding carboxylic acids is 1. The standard InChI is InChI=1S/C14H17N3O2S/c1-3-20-9-8-16-14(18)12-10(2)17-19-13(12)11-4-6-15-7-5-11/h4-7H,3,8-9H2,1-2H3,(H,16,18). The molecular formula is C14H17N3O2S. The number of amides is 1. The molecule has 6 heteroatoms. The largest absolute Gasteiger partial charge is 0.355 e. The summed E-state index contributed by atoms with van der Waals surface area (Å²) >= 11 is 1.79. The summed E-state index contributed by atoms with van der Waals surface area (Å²) in [6.07, 6.45) is 3.32. The van der Waals surface area contributed by atoms with Crippen molar-refractivity contribution < 1.29 is 9.32 Å². The van der Waals surface area contributed by atoms with E-state index in [-0.39, 0.29) is 5.91 Å². The molecular weight excluding hydrogens is 274 g/mol. The number of aryl methyl sites for hydroxylation is 1. The highest BCUT2D eigenvalue weighted by Crippen LogP contribution is 2.25. The van der Waals surface area contributed by atoms with Crippen molar-refractivity contribution in [1.82, 2.24) is 15.5 Å². The third kappa shape index (κ3) is 3.39. The van der Waals surface area contributed by atoms with E-state index in [1.807, 2.05) is 0 Å². The molecule has 0 aromatic carbocycles. The van der Waals surface area contributed by atoms with Gasteiger partial charge < -0.3 is 9.84 Å². The van der Waals surface area contributed by atoms with Crippen LogP contribution in [0.3, 0.4) is 0 Å². The number of nitrogens with one attached hydrogen (secondary N) is 1. The molecule has 1 N–H and O–H groups in total. The Kier molecular flexibility index (Phi) is 5.17. The Morgan fingerprint density at radius 2 is 2.15 bits per heavy atom. The zero-order chi connectivity index (χ0) is 14.4. The van der Waals surface area contributed by atoms with Crippen LogP contribution < -0.4 is 5.32 Å². The summed E-state index contributed by atoms with van der Waals surface area (Å²) in [5.41, 5.74) is 1.89. The van der Waals surface area contributed by atoms with Crippen LogP contribution in [0.25, 0.3) is 11.3 Å². The van der Waals surface area contributed by atoms with Gasteiger partial charge in [0, 0.05) is 30.3 Å². The van der Waals surface area contributed by atoms with Crippen LogP contribution in [-0.2, 0) is 0 Å². The Morgan fingerprint density at radius 3 is 2.85 bits per heavy atom. The molecule has 2 heterocycles. The fourth-order valence-corrected chi connectivity index (χ4v) is 2.34. The molecule has 2 rings (SSSR count). The van der Waals surface area contributed by atoms with Crippen molar-refractivity contribution in [3.63, 3.8) is 0 Å². The highest BCUT2D eigenvalue weighted by molar-refractivity contribution is 7.99. The second-order valence-corrected chi connectivity index (χ2v) is 5.55. The summed E-state index contributed by atoms with van der Waals surface area (Å²) in [5, 5.41) is 6.79. The van der Waals surface area contributed by atoms with Gasteiger partial charge in [-0.1, -0.05) is 12.1 Å². The maximum atomic E-state index is 12.2. The van der Waals surface area contributed by atoms with Crippen LogP contribution in [0, 0.1) is 6.92 Å². The lowest BCUT2D eigenvalue weighted by atomic mass is 10.1. The molecule has 0 atom stereocenters. The van der Waals surface area contributed by atoms with Crippen LogP contribution in [0.4, 0.5) is 0 Å². The molecule has 0 saturated heterocycles. The Hall–Kier alpha value is -1.82. The summed E-state index contributed by atoms with van der Waals surface area (Å²) in [4.78, 5) is 16.2. The van der Waals surface area contributed by atoms with E-state index in [0.29, 0.717) is 23.6 Å². The number of nitrogens with zero attached hydrogens (tertiary/aromatic N) is 2. The number of carbonyl (C=O) groups is 1. The fourth-order valence-electron chi connectivity index (χ4n) is 1.81. The SMILES string of the molecule is CCSCCNC(=O)c1c(C)noc1-c1ccncc1. The second-order valence-electron chi connectivity index (χ2n) is 4.16. The lowest BCUT2D eigenvalue weighted by molar-refractivity contribution is 0.0956. The molecule has 2 aromatic heterocycles. The second kappa shape index (κ2) is 7.09. The highest BCUT2D eigenvalue weighted by atomic mass is 32.2. The number of aromatic nitrogens is 2. The third-order valence-corrected chi connectivity index (χ3v) is 3.67. The third-order valence-electron chi connectivity index (χ3n) is 2.77. The van der Waals surface area contributed by atoms with Crippen molar-refractivity contribution in [2.45, 2.75) is 13.8 Å². The van der Waals surface area contributed by atoms with E-state index in [9.17, 15) is 4.79 Å². The predicted molar refractivity (Wildman–Crippen MR) is 79.8 cm³/mol. The molecule has 0 spiro atoms. The first-order chi connectivity index (χ1) is 9.74. The number of pyridine rings is 1. The molecule has 20 heavy (non-hydrogen) atoms. The molecule has 0 aliphatic rings. The zero-order valence-electron chi connectivity index (χ0n) is 11.5. The number of thioether (sulfide) groups is 1. The monoisotopic (exact) mass is 291 g/mol. The Balaban J connectivity index is 2.15. The minimum atomic E-state index is -0.146. The lowest BCUT2D eigenvalue weighted by Crippen LogP contribution is -2.26. The molecule has 0 aliphatic heterocycles. The van der Waals surface area contributed by atoms with E-state index in [0.717, 1.165) is 17.1 Å². The average molecular weight is 291 g/mol. The summed E-state index contributed by atoms with van der Waals surface area (Å²) in [6.45, 7) is 4.50. The number of rotatable bonds is 6. The molecule has 5 nitrogen and oxygen atoms in total. The number of hydrogen-bond donors (Lipinski definition) is 1. The van der Waals surface area contributed by atoms with Gasteiger partial charge in [-0.2, -0.15) is 11.8 Å². The zero-order valence-corrected chi connectivity index (χ0v) is 12.4. The molecule has 0 radical (unpaired) electrons. The van der Waals surface area contributed by atoms with Gasteiger partial charge in [-0.25, -0.2) is 0 Å². The van der Waals surface area contributed by atoms with E-state index in [1.165, 1.54) is 0 Å². The molecule has 106 valence electrons. The van der Waals surface area contributed by atoms with Crippen molar-refractivity contribution >= 4 is 17.7 Å². The van der Waals surface area contributed by atoms with Crippen LogP contribution in [0.2, 0.25) is 0 Å². The van der Waals surface area contributed by atoms with Gasteiger partial charge in [0.25, 0.3) is 5.91 Å². The van der Waals surface area contributed by atoms with Crippen molar-refractivity contribution in [2.75, 3.05) is 18.1 Å². The van der Waals surface area contributed by atoms with Crippen LogP contribution >= 0.6 is 11.8 Å². The van der Waals surface area contributed by atoms with Crippen LogP contribution in [0.5, 0.6) is 0 Å². The lowest BCUT2D eigenvalue weighted by Gasteiger charge is -2.05. The maximum absolute atomic E-state index is 12.2. The molecule has 0 saturated carbocycles. The Morgan fingerprint density at radius 1 is 1.40 bits per heavy atom. The van der Waals surface area contributed by atoms with Gasteiger partial charge in [-0.3, -0.25) is 9.78 Å². The normalized spacial score (nSPS) is 10.5. The van der Waals surface area contributed by atoms with Gasteiger partial charge in [0.05, 0.1) is 5.69 Å². The first-order valence-corrected chi connectivity index (χ1v) is 7.62. The minimum Gasteiger partial charge on any atom is -0.355 e. The van der Waals surface area contributed by atoms with Crippen molar-refractivity contribution in [2.24, 2.45) is 0 Å². The summed E-state index contributed by atoms with van der Waals surface area (Å²) in [5.74, 6) is 2.29. The maximum Gasteiger partial charge on any atom is 0.257 e. The van der Waals surface area contributed by atoms with Crippen molar-refractivity contribution in [3.05, 3.63) is 35.8 Å². The van der Waals surface area contributed by atoms with Crippen LogP contribution in [-0.4, -0.2) is 34.1 Å². The van der Waals surface area contributed by atoms with Gasteiger partial charge in [-0.15, -0.1) is 0 Å². The van der Waals surface area contributed by atoms with Crippen LogP contribution in [0.15, 0.2) is 29.0 Å². The molecule has 0 unspecified atom stereocenters. The number of hydrogen-bond acceptors (Lipinski definition) is 5.